The Hall–Kier alpha value is -0.710. The second-order valence-corrected chi connectivity index (χ2v) is 1.81. The molecule has 60 valence electrons. The van der Waals surface area contributed by atoms with E-state index in [9.17, 15) is 13.6 Å². The van der Waals surface area contributed by atoms with Crippen LogP contribution in [0, 0.1) is 0 Å². The van der Waals surface area contributed by atoms with E-state index in [1.165, 1.54) is 0 Å². The van der Waals surface area contributed by atoms with Gasteiger partial charge in [0.2, 0.25) is 5.91 Å². The molecule has 0 atom stereocenters. The van der Waals surface area contributed by atoms with E-state index >= 15 is 0 Å². The van der Waals surface area contributed by atoms with Gasteiger partial charge >= 0.3 is 0 Å². The second kappa shape index (κ2) is 5.10. The summed E-state index contributed by atoms with van der Waals surface area (Å²) in [7, 11) is 0. The highest BCUT2D eigenvalue weighted by molar-refractivity contribution is 5.73. The lowest BCUT2D eigenvalue weighted by Gasteiger charge is -1.99. The maximum absolute atomic E-state index is 11.4. The van der Waals surface area contributed by atoms with E-state index in [1.54, 1.807) is 0 Å². The van der Waals surface area contributed by atoms with Crippen LogP contribution in [0.25, 0.3) is 0 Å². The number of carbonyl (C=O) groups excluding carboxylic acids is 1. The van der Waals surface area contributed by atoms with Gasteiger partial charge in [-0.2, -0.15) is 0 Å². The third-order valence-corrected chi connectivity index (χ3v) is 0.847. The van der Waals surface area contributed by atoms with Crippen molar-refractivity contribution < 1.29 is 13.6 Å². The molecule has 5 heteroatoms. The fourth-order valence-electron chi connectivity index (χ4n) is 0.423. The van der Waals surface area contributed by atoms with Crippen LogP contribution in [0.2, 0.25) is 0 Å². The summed E-state index contributed by atoms with van der Waals surface area (Å²) in [5.74, 6) is -0.484. The zero-order valence-electron chi connectivity index (χ0n) is 5.44. The van der Waals surface area contributed by atoms with Crippen molar-refractivity contribution in [2.45, 2.75) is 12.8 Å². The van der Waals surface area contributed by atoms with E-state index in [1.807, 2.05) is 0 Å². The lowest BCUT2D eigenvalue weighted by molar-refractivity contribution is -0.117. The van der Waals surface area contributed by atoms with Gasteiger partial charge in [0.1, 0.15) is 0 Å². The van der Waals surface area contributed by atoms with Crippen LogP contribution in [0.15, 0.2) is 0 Å². The first-order chi connectivity index (χ1) is 4.63. The van der Waals surface area contributed by atoms with Crippen LogP contribution in [0.3, 0.4) is 0 Å². The Bertz CT molecular complexity index is 108. The number of halogens is 2. The van der Waals surface area contributed by atoms with Crippen LogP contribution in [0.5, 0.6) is 0 Å². The first kappa shape index (κ1) is 9.29. The standard InChI is InChI=1S/C5H10F2N2O/c6-4(7)3-9-2-1-5(8)10/h4,9H,1-3H2,(H2,8,10). The third kappa shape index (κ3) is 7.29. The van der Waals surface area contributed by atoms with Crippen molar-refractivity contribution in [3.8, 4) is 0 Å². The Kier molecular flexibility index (Phi) is 4.74. The van der Waals surface area contributed by atoms with E-state index in [2.05, 4.69) is 5.32 Å². The molecule has 3 N–H and O–H groups in total. The highest BCUT2D eigenvalue weighted by Crippen LogP contribution is 1.87. The number of rotatable bonds is 5. The molecular weight excluding hydrogens is 142 g/mol. The zero-order chi connectivity index (χ0) is 7.98. The molecule has 3 nitrogen and oxygen atoms in total. The van der Waals surface area contributed by atoms with Crippen molar-refractivity contribution in [1.82, 2.24) is 5.32 Å². The molecule has 0 saturated carbocycles. The number of alkyl halides is 2. The average molecular weight is 152 g/mol. The van der Waals surface area contributed by atoms with Gasteiger partial charge in [-0.3, -0.25) is 4.79 Å². The molecule has 0 unspecified atom stereocenters. The van der Waals surface area contributed by atoms with Crippen LogP contribution >= 0.6 is 0 Å². The summed E-state index contributed by atoms with van der Waals surface area (Å²) in [4.78, 5) is 10.0. The van der Waals surface area contributed by atoms with Crippen LogP contribution in [0.1, 0.15) is 6.42 Å². The number of hydrogen-bond donors (Lipinski definition) is 2. The largest absolute Gasteiger partial charge is 0.370 e. The third-order valence-electron chi connectivity index (χ3n) is 0.847. The summed E-state index contributed by atoms with van der Waals surface area (Å²) < 4.78 is 22.8. The second-order valence-electron chi connectivity index (χ2n) is 1.81. The van der Waals surface area contributed by atoms with Gasteiger partial charge in [-0.1, -0.05) is 0 Å². The van der Waals surface area contributed by atoms with Crippen LogP contribution in [-0.2, 0) is 4.79 Å². The highest BCUT2D eigenvalue weighted by atomic mass is 19.3. The van der Waals surface area contributed by atoms with Gasteiger partial charge in [0.15, 0.2) is 0 Å². The molecule has 0 aromatic rings. The first-order valence-corrected chi connectivity index (χ1v) is 2.90. The maximum Gasteiger partial charge on any atom is 0.250 e. The molecular formula is C5H10F2N2O. The minimum Gasteiger partial charge on any atom is -0.370 e. The summed E-state index contributed by atoms with van der Waals surface area (Å²) in [6, 6.07) is 0. The summed E-state index contributed by atoms with van der Waals surface area (Å²) in [5.41, 5.74) is 4.74. The molecule has 0 heterocycles. The molecule has 0 bridgehead atoms. The van der Waals surface area contributed by atoms with Crippen molar-refractivity contribution in [2.24, 2.45) is 5.73 Å². The van der Waals surface area contributed by atoms with Crippen LogP contribution in [-0.4, -0.2) is 25.4 Å². The predicted octanol–water partition coefficient (Wildman–Crippen LogP) is -0.284. The fourth-order valence-corrected chi connectivity index (χ4v) is 0.423. The Morgan fingerprint density at radius 3 is 2.60 bits per heavy atom. The summed E-state index contributed by atoms with van der Waals surface area (Å²) >= 11 is 0. The SMILES string of the molecule is NC(=O)CCNCC(F)F. The van der Waals surface area contributed by atoms with E-state index in [0.29, 0.717) is 0 Å². The van der Waals surface area contributed by atoms with Crippen molar-refractivity contribution >= 4 is 5.91 Å². The van der Waals surface area contributed by atoms with E-state index < -0.39 is 12.3 Å². The molecule has 0 aromatic carbocycles. The van der Waals surface area contributed by atoms with E-state index in [4.69, 9.17) is 5.73 Å². The fraction of sp³-hybridized carbons (Fsp3) is 0.800. The monoisotopic (exact) mass is 152 g/mol. The first-order valence-electron chi connectivity index (χ1n) is 2.90. The molecule has 0 aromatic heterocycles. The van der Waals surface area contributed by atoms with Crippen molar-refractivity contribution in [2.75, 3.05) is 13.1 Å². The van der Waals surface area contributed by atoms with Crippen LogP contribution < -0.4 is 11.1 Å². The number of nitrogens with one attached hydrogen (secondary N) is 1. The van der Waals surface area contributed by atoms with E-state index in [-0.39, 0.29) is 19.5 Å². The zero-order valence-corrected chi connectivity index (χ0v) is 5.44. The van der Waals surface area contributed by atoms with Crippen molar-refractivity contribution in [1.29, 1.82) is 0 Å². The minimum absolute atomic E-state index is 0.104. The molecule has 0 rings (SSSR count). The highest BCUT2D eigenvalue weighted by Gasteiger charge is 2.00. The Morgan fingerprint density at radius 1 is 1.60 bits per heavy atom. The Labute approximate surface area is 57.6 Å². The minimum atomic E-state index is -2.37. The molecule has 0 spiro atoms. The van der Waals surface area contributed by atoms with Gasteiger partial charge < -0.3 is 11.1 Å². The molecule has 0 aliphatic heterocycles. The number of nitrogens with two attached hydrogens (primary N) is 1. The van der Waals surface area contributed by atoms with E-state index in [0.717, 1.165) is 0 Å². The number of carbonyl (C=O) groups is 1. The summed E-state index contributed by atoms with van der Waals surface area (Å²) in [5, 5.41) is 2.37. The van der Waals surface area contributed by atoms with Crippen LogP contribution in [0.4, 0.5) is 8.78 Å². The smallest absolute Gasteiger partial charge is 0.250 e. The van der Waals surface area contributed by atoms with Gasteiger partial charge in [-0.15, -0.1) is 0 Å². The average Bonchev–Trinajstić information content (AvgIpc) is 1.79. The predicted molar refractivity (Wildman–Crippen MR) is 32.7 cm³/mol. The van der Waals surface area contributed by atoms with Gasteiger partial charge in [0, 0.05) is 13.0 Å². The molecule has 0 saturated heterocycles. The molecule has 0 aliphatic carbocycles. The summed E-state index contributed by atoms with van der Waals surface area (Å²) in [6.45, 7) is -0.160. The molecule has 0 radical (unpaired) electrons. The maximum atomic E-state index is 11.4. The van der Waals surface area contributed by atoms with Gasteiger partial charge in [-0.25, -0.2) is 8.78 Å². The van der Waals surface area contributed by atoms with Gasteiger partial charge in [0.25, 0.3) is 6.43 Å². The van der Waals surface area contributed by atoms with Gasteiger partial charge in [-0.05, 0) is 0 Å². The summed E-state index contributed by atoms with van der Waals surface area (Å²) in [6.07, 6.45) is -2.26. The normalized spacial score (nSPS) is 10.3. The lowest BCUT2D eigenvalue weighted by Crippen LogP contribution is -2.26. The molecule has 0 fully saturated rings. The number of amides is 1. The number of primary amides is 1. The van der Waals surface area contributed by atoms with Crippen molar-refractivity contribution in [3.63, 3.8) is 0 Å². The lowest BCUT2D eigenvalue weighted by atomic mass is 10.4. The molecule has 10 heavy (non-hydrogen) atoms. The Morgan fingerprint density at radius 2 is 2.20 bits per heavy atom. The molecule has 0 aliphatic rings. The quantitative estimate of drug-likeness (QED) is 0.532. The molecule has 1 amide bonds. The topological polar surface area (TPSA) is 55.1 Å². The van der Waals surface area contributed by atoms with Gasteiger partial charge in [0.05, 0.1) is 6.54 Å². The Balaban J connectivity index is 2.98. The number of hydrogen-bond acceptors (Lipinski definition) is 2. The van der Waals surface area contributed by atoms with Crippen molar-refractivity contribution in [3.05, 3.63) is 0 Å².